The van der Waals surface area contributed by atoms with Crippen molar-refractivity contribution in [1.29, 1.82) is 0 Å². The van der Waals surface area contributed by atoms with E-state index in [2.05, 4.69) is 46.8 Å². The van der Waals surface area contributed by atoms with Gasteiger partial charge in [-0.25, -0.2) is 0 Å². The molecular weight excluding hydrogens is 360 g/mol. The molecule has 0 N–H and O–H groups in total. The van der Waals surface area contributed by atoms with E-state index in [1.165, 1.54) is 23.1 Å². The Bertz CT molecular complexity index is 873. The van der Waals surface area contributed by atoms with Gasteiger partial charge in [-0.15, -0.1) is 21.8 Å². The van der Waals surface area contributed by atoms with E-state index < -0.39 is 0 Å². The first kappa shape index (κ1) is 18.5. The third-order valence-electron chi connectivity index (χ3n) is 6.25. The van der Waals surface area contributed by atoms with E-state index in [1.807, 2.05) is 11.8 Å². The van der Waals surface area contributed by atoms with Crippen molar-refractivity contribution in [2.24, 2.45) is 0 Å². The smallest absolute Gasteiger partial charge is 0.238 e. The third kappa shape index (κ3) is 3.38. The molecule has 0 bridgehead atoms. The summed E-state index contributed by atoms with van der Waals surface area (Å²) in [6.45, 7) is 7.94. The van der Waals surface area contributed by atoms with E-state index in [1.54, 1.807) is 0 Å². The number of rotatable bonds is 4. The van der Waals surface area contributed by atoms with Gasteiger partial charge in [0.1, 0.15) is 17.5 Å². The molecule has 1 unspecified atom stereocenters. The van der Waals surface area contributed by atoms with E-state index in [-0.39, 0.29) is 23.2 Å². The molecule has 1 aliphatic carbocycles. The average molecular weight is 387 g/mol. The number of amides is 1. The normalized spacial score (nSPS) is 20.2. The van der Waals surface area contributed by atoms with Crippen LogP contribution in [0.5, 0.6) is 0 Å². The van der Waals surface area contributed by atoms with Crippen LogP contribution in [0.1, 0.15) is 55.0 Å². The molecule has 0 radical (unpaired) electrons. The van der Waals surface area contributed by atoms with Crippen LogP contribution in [-0.2, 0) is 36.1 Å². The number of carbonyl (C=O) groups is 1. The van der Waals surface area contributed by atoms with Gasteiger partial charge >= 0.3 is 0 Å². The maximum absolute atomic E-state index is 12.6. The third-order valence-corrected chi connectivity index (χ3v) is 6.48. The Morgan fingerprint density at radius 1 is 1.33 bits per heavy atom. The zero-order chi connectivity index (χ0) is 19.2. The van der Waals surface area contributed by atoms with Crippen LogP contribution in [-0.4, -0.2) is 37.5 Å². The predicted molar refractivity (Wildman–Crippen MR) is 106 cm³/mol. The van der Waals surface area contributed by atoms with Gasteiger partial charge in [-0.2, -0.15) is 0 Å². The van der Waals surface area contributed by atoms with Crippen LogP contribution in [0.4, 0.5) is 0 Å². The Morgan fingerprint density at radius 3 is 2.93 bits per heavy atom. The van der Waals surface area contributed by atoms with E-state index in [0.717, 1.165) is 37.5 Å². The zero-order valence-electron chi connectivity index (χ0n) is 16.3. The monoisotopic (exact) mass is 386 g/mol. The molecule has 27 heavy (non-hydrogen) atoms. The van der Waals surface area contributed by atoms with Crippen LogP contribution in [0.15, 0.2) is 18.2 Å². The number of hydrogen-bond acceptors (Lipinski definition) is 3. The molecule has 6 heteroatoms. The first-order valence-corrected chi connectivity index (χ1v) is 10.3. The lowest BCUT2D eigenvalue weighted by Gasteiger charge is -2.35. The summed E-state index contributed by atoms with van der Waals surface area (Å²) in [7, 11) is 0. The molecule has 1 amide bonds. The number of fused-ring (bicyclic) bond motifs is 2. The second-order valence-corrected chi connectivity index (χ2v) is 8.76. The van der Waals surface area contributed by atoms with Crippen LogP contribution < -0.4 is 0 Å². The molecule has 2 aliphatic rings. The van der Waals surface area contributed by atoms with Crippen molar-refractivity contribution in [3.63, 3.8) is 0 Å². The number of hydrogen-bond donors (Lipinski definition) is 0. The van der Waals surface area contributed by atoms with E-state index in [0.29, 0.717) is 6.54 Å². The molecule has 2 aromatic rings. The van der Waals surface area contributed by atoms with Gasteiger partial charge < -0.3 is 9.47 Å². The van der Waals surface area contributed by atoms with Crippen molar-refractivity contribution in [2.75, 3.05) is 5.88 Å². The highest BCUT2D eigenvalue weighted by Crippen LogP contribution is 2.38. The Morgan fingerprint density at radius 2 is 2.15 bits per heavy atom. The molecule has 0 fully saturated rings. The van der Waals surface area contributed by atoms with Gasteiger partial charge in [-0.1, -0.05) is 32.0 Å². The molecule has 1 atom stereocenters. The van der Waals surface area contributed by atoms with Gasteiger partial charge in [-0.05, 0) is 48.3 Å². The maximum Gasteiger partial charge on any atom is 0.238 e. The molecule has 5 nitrogen and oxygen atoms in total. The van der Waals surface area contributed by atoms with Crippen LogP contribution in [0, 0.1) is 6.92 Å². The Balaban J connectivity index is 1.57. The van der Waals surface area contributed by atoms with Crippen molar-refractivity contribution < 1.29 is 4.79 Å². The summed E-state index contributed by atoms with van der Waals surface area (Å²) < 4.78 is 2.13. The number of aryl methyl sites for hydroxylation is 3. The van der Waals surface area contributed by atoms with Crippen LogP contribution in [0.25, 0.3) is 0 Å². The molecule has 4 rings (SSSR count). The van der Waals surface area contributed by atoms with E-state index >= 15 is 0 Å². The van der Waals surface area contributed by atoms with Crippen molar-refractivity contribution in [3.8, 4) is 0 Å². The largest absolute Gasteiger partial charge is 0.333 e. The molecule has 1 aromatic heterocycles. The Labute approximate surface area is 165 Å². The first-order chi connectivity index (χ1) is 12.9. The van der Waals surface area contributed by atoms with Crippen molar-refractivity contribution >= 4 is 17.5 Å². The SMILES string of the molecule is Cc1nnc2n1CC(N(Cc1ccc3c(c1)CCC3(C)C)C(=O)CCl)CC2. The minimum Gasteiger partial charge on any atom is -0.333 e. The number of nitrogens with zero attached hydrogens (tertiary/aromatic N) is 4. The summed E-state index contributed by atoms with van der Waals surface area (Å²) in [5.74, 6) is 1.94. The average Bonchev–Trinajstić information content (AvgIpc) is 3.18. The summed E-state index contributed by atoms with van der Waals surface area (Å²) in [6, 6.07) is 6.85. The van der Waals surface area contributed by atoms with Crippen LogP contribution >= 0.6 is 11.6 Å². The Kier molecular flexibility index (Phi) is 4.75. The quantitative estimate of drug-likeness (QED) is 0.757. The number of halogens is 1. The zero-order valence-corrected chi connectivity index (χ0v) is 17.1. The minimum absolute atomic E-state index is 0.00308. The predicted octanol–water partition coefficient (Wildman–Crippen LogP) is 3.39. The fourth-order valence-electron chi connectivity index (χ4n) is 4.59. The maximum atomic E-state index is 12.6. The van der Waals surface area contributed by atoms with Gasteiger partial charge in [0.05, 0.1) is 6.04 Å². The molecule has 0 saturated heterocycles. The fraction of sp³-hybridized carbons (Fsp3) is 0.571. The summed E-state index contributed by atoms with van der Waals surface area (Å²) in [5.41, 5.74) is 4.32. The molecular formula is C21H27ClN4O. The summed E-state index contributed by atoms with van der Waals surface area (Å²) in [4.78, 5) is 14.6. The van der Waals surface area contributed by atoms with Gasteiger partial charge in [0.2, 0.25) is 5.91 Å². The second kappa shape index (κ2) is 6.93. The highest BCUT2D eigenvalue weighted by molar-refractivity contribution is 6.27. The number of benzene rings is 1. The van der Waals surface area contributed by atoms with Gasteiger partial charge in [0, 0.05) is 19.5 Å². The Hall–Kier alpha value is -1.88. The van der Waals surface area contributed by atoms with Crippen molar-refractivity contribution in [1.82, 2.24) is 19.7 Å². The number of carbonyl (C=O) groups excluding carboxylic acids is 1. The molecule has 0 spiro atoms. The van der Waals surface area contributed by atoms with Gasteiger partial charge in [0.25, 0.3) is 0 Å². The summed E-state index contributed by atoms with van der Waals surface area (Å²) in [6.07, 6.45) is 4.05. The molecule has 0 saturated carbocycles. The first-order valence-electron chi connectivity index (χ1n) is 9.75. The van der Waals surface area contributed by atoms with E-state index in [9.17, 15) is 4.79 Å². The van der Waals surface area contributed by atoms with E-state index in [4.69, 9.17) is 11.6 Å². The van der Waals surface area contributed by atoms with Gasteiger partial charge in [-0.3, -0.25) is 4.79 Å². The highest BCUT2D eigenvalue weighted by Gasteiger charge is 2.31. The molecule has 144 valence electrons. The lowest BCUT2D eigenvalue weighted by molar-refractivity contribution is -0.132. The highest BCUT2D eigenvalue weighted by atomic mass is 35.5. The van der Waals surface area contributed by atoms with Gasteiger partial charge in [0.15, 0.2) is 0 Å². The van der Waals surface area contributed by atoms with Crippen molar-refractivity contribution in [3.05, 3.63) is 46.5 Å². The standard InChI is InChI=1S/C21H27ClN4O/c1-14-23-24-19-7-5-17(13-25(14)19)26(20(27)11-22)12-15-4-6-18-16(10-15)8-9-21(18,2)3/h4,6,10,17H,5,7-9,11-13H2,1-3H3. The molecule has 2 heterocycles. The minimum atomic E-state index is -0.00308. The topological polar surface area (TPSA) is 51.0 Å². The van der Waals surface area contributed by atoms with Crippen LogP contribution in [0.3, 0.4) is 0 Å². The number of alkyl halides is 1. The summed E-state index contributed by atoms with van der Waals surface area (Å²) >= 11 is 5.95. The van der Waals surface area contributed by atoms with Crippen LogP contribution in [0.2, 0.25) is 0 Å². The number of aromatic nitrogens is 3. The lowest BCUT2D eigenvalue weighted by Crippen LogP contribution is -2.45. The molecule has 1 aromatic carbocycles. The summed E-state index contributed by atoms with van der Waals surface area (Å²) in [5, 5.41) is 8.41. The second-order valence-electron chi connectivity index (χ2n) is 8.50. The lowest BCUT2D eigenvalue weighted by atomic mass is 9.86. The fourth-order valence-corrected chi connectivity index (χ4v) is 4.74. The van der Waals surface area contributed by atoms with Crippen molar-refractivity contribution in [2.45, 2.75) is 71.0 Å². The molecule has 1 aliphatic heterocycles.